The summed E-state index contributed by atoms with van der Waals surface area (Å²) in [5, 5.41) is 34.4. The second-order valence-corrected chi connectivity index (χ2v) is 6.66. The summed E-state index contributed by atoms with van der Waals surface area (Å²) in [5.74, 6) is 0. The van der Waals surface area contributed by atoms with Gasteiger partial charge in [0.2, 0.25) is 0 Å². The zero-order valence-corrected chi connectivity index (χ0v) is 15.4. The summed E-state index contributed by atoms with van der Waals surface area (Å²) in [7, 11) is 0. The van der Waals surface area contributed by atoms with Crippen molar-refractivity contribution < 1.29 is 14.8 Å². The molecule has 3 aromatic carbocycles. The van der Waals surface area contributed by atoms with E-state index in [1.165, 1.54) is 24.3 Å². The standard InChI is InChI=1S/C20H12N4O6/c1-11-6-7-13-14(8-11)20(21-16-4-2-3-5-17(16)23(27)28)15-9-12(22(25)26)10-18(19(13)15)24(29)30/h2-10H,1H3. The first kappa shape index (κ1) is 18.9. The lowest BCUT2D eigenvalue weighted by molar-refractivity contribution is -0.393. The maximum Gasteiger partial charge on any atom is 0.294 e. The molecule has 30 heavy (non-hydrogen) atoms. The van der Waals surface area contributed by atoms with Gasteiger partial charge >= 0.3 is 0 Å². The first-order valence-electron chi connectivity index (χ1n) is 8.68. The average molecular weight is 404 g/mol. The first-order chi connectivity index (χ1) is 14.3. The van der Waals surface area contributed by atoms with Crippen LogP contribution >= 0.6 is 0 Å². The van der Waals surface area contributed by atoms with Crippen LogP contribution in [-0.2, 0) is 0 Å². The molecule has 1 aliphatic carbocycles. The van der Waals surface area contributed by atoms with Crippen LogP contribution in [0.1, 0.15) is 16.7 Å². The maximum atomic E-state index is 11.7. The molecule has 0 heterocycles. The first-order valence-corrected chi connectivity index (χ1v) is 8.68. The number of fused-ring (bicyclic) bond motifs is 3. The van der Waals surface area contributed by atoms with E-state index in [-0.39, 0.29) is 28.2 Å². The Morgan fingerprint density at radius 2 is 1.43 bits per heavy atom. The Morgan fingerprint density at radius 3 is 2.10 bits per heavy atom. The van der Waals surface area contributed by atoms with Gasteiger partial charge in [-0.1, -0.05) is 29.8 Å². The molecule has 4 rings (SSSR count). The molecule has 0 saturated carbocycles. The van der Waals surface area contributed by atoms with Gasteiger partial charge in [0.05, 0.1) is 32.1 Å². The molecule has 0 atom stereocenters. The fraction of sp³-hybridized carbons (Fsp3) is 0.0500. The van der Waals surface area contributed by atoms with Crippen LogP contribution in [0.2, 0.25) is 0 Å². The van der Waals surface area contributed by atoms with E-state index in [1.807, 2.05) is 6.92 Å². The van der Waals surface area contributed by atoms with Gasteiger partial charge in [-0.05, 0) is 24.6 Å². The number of non-ortho nitro benzene ring substituents is 1. The Bertz CT molecular complexity index is 1300. The molecule has 0 saturated heterocycles. The molecule has 1 aliphatic rings. The van der Waals surface area contributed by atoms with E-state index in [9.17, 15) is 30.3 Å². The largest absolute Gasteiger partial charge is 0.294 e. The van der Waals surface area contributed by atoms with Crippen LogP contribution in [0.25, 0.3) is 11.1 Å². The summed E-state index contributed by atoms with van der Waals surface area (Å²) in [6.45, 7) is 1.82. The molecule has 0 N–H and O–H groups in total. The van der Waals surface area contributed by atoms with Gasteiger partial charge in [0.1, 0.15) is 5.69 Å². The highest BCUT2D eigenvalue weighted by molar-refractivity contribution is 6.27. The number of para-hydroxylation sites is 2. The molecule has 0 aromatic heterocycles. The van der Waals surface area contributed by atoms with Crippen molar-refractivity contribution in [2.24, 2.45) is 4.99 Å². The van der Waals surface area contributed by atoms with Crippen LogP contribution in [0, 0.1) is 37.3 Å². The summed E-state index contributed by atoms with van der Waals surface area (Å²) in [6, 6.07) is 13.1. The van der Waals surface area contributed by atoms with E-state index < -0.39 is 26.1 Å². The molecule has 0 fully saturated rings. The molecule has 0 unspecified atom stereocenters. The lowest BCUT2D eigenvalue weighted by Crippen LogP contribution is -2.01. The van der Waals surface area contributed by atoms with Crippen molar-refractivity contribution in [3.05, 3.63) is 102 Å². The molecule has 0 spiro atoms. The SMILES string of the molecule is Cc1ccc2c(c1)C(=Nc1ccccc1[N+](=O)[O-])c1cc([N+](=O)[O-])cc([N+](=O)[O-])c1-2. The molecular weight excluding hydrogens is 392 g/mol. The highest BCUT2D eigenvalue weighted by Crippen LogP contribution is 2.46. The highest BCUT2D eigenvalue weighted by atomic mass is 16.6. The van der Waals surface area contributed by atoms with Crippen LogP contribution in [0.3, 0.4) is 0 Å². The van der Waals surface area contributed by atoms with Crippen molar-refractivity contribution in [2.75, 3.05) is 0 Å². The Balaban J connectivity index is 2.10. The van der Waals surface area contributed by atoms with Crippen LogP contribution in [0.5, 0.6) is 0 Å². The number of hydrogen-bond donors (Lipinski definition) is 0. The number of benzene rings is 3. The van der Waals surface area contributed by atoms with Crippen molar-refractivity contribution in [1.29, 1.82) is 0 Å². The van der Waals surface area contributed by atoms with Gasteiger partial charge in [0.15, 0.2) is 0 Å². The highest BCUT2D eigenvalue weighted by Gasteiger charge is 2.35. The number of rotatable bonds is 4. The summed E-state index contributed by atoms with van der Waals surface area (Å²) < 4.78 is 0. The monoisotopic (exact) mass is 404 g/mol. The van der Waals surface area contributed by atoms with Gasteiger partial charge in [-0.25, -0.2) is 4.99 Å². The van der Waals surface area contributed by atoms with E-state index >= 15 is 0 Å². The summed E-state index contributed by atoms with van der Waals surface area (Å²) in [4.78, 5) is 36.9. The van der Waals surface area contributed by atoms with Crippen LogP contribution in [-0.4, -0.2) is 20.5 Å². The molecular formula is C20H12N4O6. The van der Waals surface area contributed by atoms with Crippen LogP contribution < -0.4 is 0 Å². The van der Waals surface area contributed by atoms with Crippen molar-refractivity contribution >= 4 is 28.5 Å². The predicted octanol–water partition coefficient (Wildman–Crippen LogP) is 4.87. The van der Waals surface area contributed by atoms with Gasteiger partial charge in [-0.2, -0.15) is 0 Å². The Labute approximate surface area is 168 Å². The minimum absolute atomic E-state index is 0.0481. The molecule has 0 aliphatic heterocycles. The number of aryl methyl sites for hydroxylation is 1. The Kier molecular flexibility index (Phi) is 4.31. The van der Waals surface area contributed by atoms with E-state index in [4.69, 9.17) is 0 Å². The van der Waals surface area contributed by atoms with Gasteiger partial charge in [-0.15, -0.1) is 0 Å². The molecule has 0 bridgehead atoms. The molecule has 0 amide bonds. The predicted molar refractivity (Wildman–Crippen MR) is 108 cm³/mol. The second-order valence-electron chi connectivity index (χ2n) is 6.66. The molecule has 3 aromatic rings. The lowest BCUT2D eigenvalue weighted by atomic mass is 10.0. The van der Waals surface area contributed by atoms with E-state index in [1.54, 1.807) is 24.3 Å². The minimum Gasteiger partial charge on any atom is -0.258 e. The van der Waals surface area contributed by atoms with Gasteiger partial charge in [0.25, 0.3) is 17.1 Å². The van der Waals surface area contributed by atoms with Gasteiger partial charge < -0.3 is 0 Å². The third-order valence-electron chi connectivity index (χ3n) is 4.78. The fourth-order valence-electron chi connectivity index (χ4n) is 3.50. The Morgan fingerprint density at radius 1 is 0.733 bits per heavy atom. The van der Waals surface area contributed by atoms with Crippen LogP contribution in [0.4, 0.5) is 22.7 Å². The maximum absolute atomic E-state index is 11.7. The molecule has 10 heteroatoms. The minimum atomic E-state index is -0.718. The topological polar surface area (TPSA) is 142 Å². The summed E-state index contributed by atoms with van der Waals surface area (Å²) in [5.41, 5.74) is 1.39. The van der Waals surface area contributed by atoms with E-state index in [0.717, 1.165) is 11.6 Å². The second kappa shape index (κ2) is 6.85. The third kappa shape index (κ3) is 2.96. The number of nitro benzene ring substituents is 3. The smallest absolute Gasteiger partial charge is 0.258 e. The van der Waals surface area contributed by atoms with E-state index in [2.05, 4.69) is 4.99 Å². The Hall–Kier alpha value is -4.47. The number of nitrogens with zero attached hydrogens (tertiary/aromatic N) is 4. The van der Waals surface area contributed by atoms with Crippen molar-refractivity contribution in [1.82, 2.24) is 0 Å². The number of aliphatic imine (C=N–C) groups is 1. The van der Waals surface area contributed by atoms with Crippen molar-refractivity contribution in [3.8, 4) is 11.1 Å². The van der Waals surface area contributed by atoms with Crippen LogP contribution in [0.15, 0.2) is 59.6 Å². The van der Waals surface area contributed by atoms with Gasteiger partial charge in [-0.3, -0.25) is 30.3 Å². The van der Waals surface area contributed by atoms with Gasteiger partial charge in [0, 0.05) is 23.3 Å². The summed E-state index contributed by atoms with van der Waals surface area (Å²) in [6.07, 6.45) is 0. The van der Waals surface area contributed by atoms with E-state index in [0.29, 0.717) is 11.1 Å². The lowest BCUT2D eigenvalue weighted by Gasteiger charge is -2.04. The molecule has 0 radical (unpaired) electrons. The van der Waals surface area contributed by atoms with Crippen molar-refractivity contribution in [2.45, 2.75) is 6.92 Å². The average Bonchev–Trinajstić information content (AvgIpc) is 3.00. The number of hydrogen-bond acceptors (Lipinski definition) is 7. The zero-order valence-electron chi connectivity index (χ0n) is 15.4. The third-order valence-corrected chi connectivity index (χ3v) is 4.78. The van der Waals surface area contributed by atoms with Crippen molar-refractivity contribution in [3.63, 3.8) is 0 Å². The molecule has 148 valence electrons. The normalized spacial score (nSPS) is 13.0. The molecule has 10 nitrogen and oxygen atoms in total. The summed E-state index contributed by atoms with van der Waals surface area (Å²) >= 11 is 0. The zero-order chi connectivity index (χ0) is 21.6. The number of nitro groups is 3. The fourth-order valence-corrected chi connectivity index (χ4v) is 3.50. The quantitative estimate of drug-likeness (QED) is 0.351.